The highest BCUT2D eigenvalue weighted by molar-refractivity contribution is 5.54. The highest BCUT2D eigenvalue weighted by Crippen LogP contribution is 2.31. The predicted molar refractivity (Wildman–Crippen MR) is 131 cm³/mol. The van der Waals surface area contributed by atoms with Gasteiger partial charge in [-0.2, -0.15) is 0 Å². The van der Waals surface area contributed by atoms with Crippen molar-refractivity contribution in [3.63, 3.8) is 0 Å². The van der Waals surface area contributed by atoms with Crippen molar-refractivity contribution in [2.45, 2.75) is 45.4 Å². The summed E-state index contributed by atoms with van der Waals surface area (Å²) in [4.78, 5) is 5.24. The van der Waals surface area contributed by atoms with Gasteiger partial charge in [-0.15, -0.1) is 0 Å². The molecule has 1 aliphatic heterocycles. The molecule has 0 amide bonds. The molecule has 1 fully saturated rings. The molecule has 1 saturated heterocycles. The summed E-state index contributed by atoms with van der Waals surface area (Å²) in [6, 6.07) is 25.7. The number of aryl methyl sites for hydroxylation is 1. The van der Waals surface area contributed by atoms with Crippen LogP contribution in [0.5, 0.6) is 11.5 Å². The Bertz CT molecular complexity index is 936. The first-order valence-corrected chi connectivity index (χ1v) is 11.5. The lowest BCUT2D eigenvalue weighted by Gasteiger charge is -2.44. The minimum Gasteiger partial charge on any atom is -0.497 e. The van der Waals surface area contributed by atoms with Gasteiger partial charge in [0.2, 0.25) is 0 Å². The second-order valence-electron chi connectivity index (χ2n) is 8.56. The SMILES string of the molecule is COc1ccc(CN(Cc2ccc(OC)cc2)C2CCCCN2c2ccccc2C)cc1. The lowest BCUT2D eigenvalue weighted by molar-refractivity contribution is 0.147. The molecule has 3 aromatic rings. The van der Waals surface area contributed by atoms with Crippen LogP contribution in [0.2, 0.25) is 0 Å². The minimum absolute atomic E-state index is 0.356. The Morgan fingerprint density at radius 3 is 1.88 bits per heavy atom. The molecule has 1 heterocycles. The molecule has 0 spiro atoms. The van der Waals surface area contributed by atoms with Crippen molar-refractivity contribution in [2.24, 2.45) is 0 Å². The summed E-state index contributed by atoms with van der Waals surface area (Å²) in [7, 11) is 3.43. The monoisotopic (exact) mass is 430 g/mol. The van der Waals surface area contributed by atoms with Gasteiger partial charge in [-0.3, -0.25) is 4.90 Å². The van der Waals surface area contributed by atoms with E-state index in [9.17, 15) is 0 Å². The van der Waals surface area contributed by atoms with Crippen LogP contribution in [-0.2, 0) is 13.1 Å². The van der Waals surface area contributed by atoms with Gasteiger partial charge < -0.3 is 14.4 Å². The molecule has 0 N–H and O–H groups in total. The van der Waals surface area contributed by atoms with Gasteiger partial charge in [0, 0.05) is 25.3 Å². The van der Waals surface area contributed by atoms with E-state index in [4.69, 9.17) is 9.47 Å². The van der Waals surface area contributed by atoms with Crippen LogP contribution in [0.4, 0.5) is 5.69 Å². The van der Waals surface area contributed by atoms with Gasteiger partial charge in [-0.25, -0.2) is 0 Å². The molecular formula is C28H34N2O2. The molecule has 1 unspecified atom stereocenters. The van der Waals surface area contributed by atoms with Crippen LogP contribution < -0.4 is 14.4 Å². The van der Waals surface area contributed by atoms with Crippen LogP contribution in [0.15, 0.2) is 72.8 Å². The van der Waals surface area contributed by atoms with Gasteiger partial charge in [0.15, 0.2) is 0 Å². The van der Waals surface area contributed by atoms with Crippen molar-refractivity contribution in [1.29, 1.82) is 0 Å². The Morgan fingerprint density at radius 1 is 0.781 bits per heavy atom. The first-order valence-electron chi connectivity index (χ1n) is 11.5. The van der Waals surface area contributed by atoms with Gasteiger partial charge in [0.05, 0.1) is 20.4 Å². The third kappa shape index (κ3) is 5.25. The first kappa shape index (κ1) is 22.2. The van der Waals surface area contributed by atoms with E-state index < -0.39 is 0 Å². The highest BCUT2D eigenvalue weighted by atomic mass is 16.5. The van der Waals surface area contributed by atoms with Crippen LogP contribution in [0.25, 0.3) is 0 Å². The quantitative estimate of drug-likeness (QED) is 0.436. The molecule has 1 aliphatic rings. The molecular weight excluding hydrogens is 396 g/mol. The Kier molecular flexibility index (Phi) is 7.33. The summed E-state index contributed by atoms with van der Waals surface area (Å²) in [5.74, 6) is 1.80. The third-order valence-electron chi connectivity index (χ3n) is 6.41. The fourth-order valence-electron chi connectivity index (χ4n) is 4.66. The standard InChI is InChI=1S/C28H34N2O2/c1-22-8-4-5-9-27(22)30-19-7-6-10-28(30)29(20-23-11-15-25(31-2)16-12-23)21-24-13-17-26(32-3)18-14-24/h4-5,8-9,11-18,28H,6-7,10,19-21H2,1-3H3. The number of ether oxygens (including phenoxy) is 2. The lowest BCUT2D eigenvalue weighted by atomic mass is 10.0. The zero-order chi connectivity index (χ0) is 22.3. The van der Waals surface area contributed by atoms with Crippen LogP contribution in [0.1, 0.15) is 36.0 Å². The Hall–Kier alpha value is -2.98. The fraction of sp³-hybridized carbons (Fsp3) is 0.357. The molecule has 4 heteroatoms. The van der Waals surface area contributed by atoms with Crippen LogP contribution >= 0.6 is 0 Å². The van der Waals surface area contributed by atoms with Crippen molar-refractivity contribution in [3.8, 4) is 11.5 Å². The average Bonchev–Trinajstić information content (AvgIpc) is 2.85. The van der Waals surface area contributed by atoms with E-state index in [-0.39, 0.29) is 0 Å². The maximum atomic E-state index is 5.36. The molecule has 0 saturated carbocycles. The van der Waals surface area contributed by atoms with Crippen molar-refractivity contribution in [1.82, 2.24) is 4.90 Å². The van der Waals surface area contributed by atoms with Crippen molar-refractivity contribution < 1.29 is 9.47 Å². The summed E-state index contributed by atoms with van der Waals surface area (Å²) in [5.41, 5.74) is 5.30. The zero-order valence-corrected chi connectivity index (χ0v) is 19.5. The third-order valence-corrected chi connectivity index (χ3v) is 6.41. The number of para-hydroxylation sites is 1. The number of anilines is 1. The Labute approximate surface area is 192 Å². The van der Waals surface area contributed by atoms with Gasteiger partial charge in [-0.1, -0.05) is 42.5 Å². The van der Waals surface area contributed by atoms with Gasteiger partial charge in [0.25, 0.3) is 0 Å². The van der Waals surface area contributed by atoms with Gasteiger partial charge in [-0.05, 0) is 73.2 Å². The van der Waals surface area contributed by atoms with E-state index in [0.717, 1.165) is 31.1 Å². The second kappa shape index (κ2) is 10.6. The molecule has 4 rings (SSSR count). The molecule has 0 aliphatic carbocycles. The number of nitrogens with zero attached hydrogens (tertiary/aromatic N) is 2. The summed E-state index contributed by atoms with van der Waals surface area (Å²) in [6.07, 6.45) is 4.02. The number of hydrogen-bond acceptors (Lipinski definition) is 4. The van der Waals surface area contributed by atoms with Crippen molar-refractivity contribution >= 4 is 5.69 Å². The molecule has 168 valence electrons. The molecule has 0 radical (unpaired) electrons. The smallest absolute Gasteiger partial charge is 0.118 e. The van der Waals surface area contributed by atoms with E-state index in [2.05, 4.69) is 89.5 Å². The number of hydrogen-bond donors (Lipinski definition) is 0. The molecule has 0 aromatic heterocycles. The van der Waals surface area contributed by atoms with Gasteiger partial charge in [0.1, 0.15) is 11.5 Å². The maximum Gasteiger partial charge on any atom is 0.118 e. The number of methoxy groups -OCH3 is 2. The van der Waals surface area contributed by atoms with E-state index in [1.165, 1.54) is 41.6 Å². The molecule has 32 heavy (non-hydrogen) atoms. The molecule has 3 aromatic carbocycles. The molecule has 4 nitrogen and oxygen atoms in total. The zero-order valence-electron chi connectivity index (χ0n) is 19.5. The normalized spacial score (nSPS) is 16.2. The number of piperidine rings is 1. The Morgan fingerprint density at radius 2 is 1.34 bits per heavy atom. The topological polar surface area (TPSA) is 24.9 Å². The largest absolute Gasteiger partial charge is 0.497 e. The van der Waals surface area contributed by atoms with E-state index in [1.54, 1.807) is 14.2 Å². The summed E-state index contributed by atoms with van der Waals surface area (Å²) in [5, 5.41) is 0. The molecule has 0 bridgehead atoms. The summed E-state index contributed by atoms with van der Waals surface area (Å²) in [6.45, 7) is 5.10. The van der Waals surface area contributed by atoms with E-state index >= 15 is 0 Å². The highest BCUT2D eigenvalue weighted by Gasteiger charge is 2.29. The maximum absolute atomic E-state index is 5.36. The second-order valence-corrected chi connectivity index (χ2v) is 8.56. The van der Waals surface area contributed by atoms with Crippen LogP contribution in [0.3, 0.4) is 0 Å². The number of benzene rings is 3. The van der Waals surface area contributed by atoms with Crippen LogP contribution in [0, 0.1) is 6.92 Å². The van der Waals surface area contributed by atoms with Crippen molar-refractivity contribution in [2.75, 3.05) is 25.7 Å². The predicted octanol–water partition coefficient (Wildman–Crippen LogP) is 6.03. The van der Waals surface area contributed by atoms with Gasteiger partial charge >= 0.3 is 0 Å². The lowest BCUT2D eigenvalue weighted by Crippen LogP contribution is -2.50. The van der Waals surface area contributed by atoms with E-state index in [1.807, 2.05) is 0 Å². The minimum atomic E-state index is 0.356. The summed E-state index contributed by atoms with van der Waals surface area (Å²) < 4.78 is 10.7. The summed E-state index contributed by atoms with van der Waals surface area (Å²) >= 11 is 0. The van der Waals surface area contributed by atoms with Crippen LogP contribution in [-0.4, -0.2) is 31.8 Å². The number of rotatable bonds is 8. The van der Waals surface area contributed by atoms with Crippen molar-refractivity contribution in [3.05, 3.63) is 89.5 Å². The van der Waals surface area contributed by atoms with E-state index in [0.29, 0.717) is 6.17 Å². The average molecular weight is 431 g/mol. The fourth-order valence-corrected chi connectivity index (χ4v) is 4.66. The first-order chi connectivity index (χ1) is 15.7. The Balaban J connectivity index is 1.64. The molecule has 1 atom stereocenters.